The summed E-state index contributed by atoms with van der Waals surface area (Å²) in [6.45, 7) is 0. The van der Waals surface area contributed by atoms with E-state index in [0.717, 1.165) is 0 Å². The van der Waals surface area contributed by atoms with E-state index in [1.165, 1.54) is 0 Å². The van der Waals surface area contributed by atoms with Gasteiger partial charge in [0, 0.05) is 0 Å². The molecule has 1 aliphatic carbocycles. The van der Waals surface area contributed by atoms with Crippen molar-refractivity contribution in [2.45, 2.75) is 6.04 Å². The minimum Gasteiger partial charge on any atom is -0.369 e. The molecule has 4 N–H and O–H groups in total. The van der Waals surface area contributed by atoms with Gasteiger partial charge in [-0.15, -0.1) is 0 Å². The van der Waals surface area contributed by atoms with E-state index in [4.69, 9.17) is 11.1 Å². The van der Waals surface area contributed by atoms with Gasteiger partial charge in [-0.3, -0.25) is 9.78 Å². The Hall–Kier alpha value is -2.70. The molecule has 18 heavy (non-hydrogen) atoms. The summed E-state index contributed by atoms with van der Waals surface area (Å²) < 4.78 is 1.69. The first-order valence-corrected chi connectivity index (χ1v) is 5.32. The van der Waals surface area contributed by atoms with Crippen LogP contribution in [0.25, 0.3) is 11.2 Å². The minimum atomic E-state index is -0.322. The van der Waals surface area contributed by atoms with Crippen molar-refractivity contribution in [3.63, 3.8) is 0 Å². The molecule has 90 valence electrons. The second kappa shape index (κ2) is 3.66. The number of aromatic nitrogens is 4. The monoisotopic (exact) mass is 242 g/mol. The molecular formula is C11H10N6O. The van der Waals surface area contributed by atoms with Crippen molar-refractivity contribution in [3.05, 3.63) is 41.0 Å². The SMILES string of the molecule is N=C1C=CC(n2cnc3nc(N)[nH]c(=O)c32)C=C1. The number of fused-ring (bicyclic) bond motifs is 1. The van der Waals surface area contributed by atoms with E-state index in [2.05, 4.69) is 15.0 Å². The number of nitrogen functional groups attached to an aromatic ring is 1. The molecule has 0 atom stereocenters. The highest BCUT2D eigenvalue weighted by molar-refractivity contribution is 6.02. The molecule has 2 aromatic rings. The molecule has 0 unspecified atom stereocenters. The second-order valence-electron chi connectivity index (χ2n) is 3.94. The molecule has 1 aliphatic rings. The molecule has 7 nitrogen and oxygen atoms in total. The molecule has 0 amide bonds. The largest absolute Gasteiger partial charge is 0.369 e. The van der Waals surface area contributed by atoms with E-state index in [-0.39, 0.29) is 17.5 Å². The van der Waals surface area contributed by atoms with Crippen LogP contribution in [0.5, 0.6) is 0 Å². The maximum atomic E-state index is 11.9. The number of nitrogens with two attached hydrogens (primary N) is 1. The predicted octanol–water partition coefficient (Wildman–Crippen LogP) is 0.389. The number of hydrogen-bond acceptors (Lipinski definition) is 5. The Kier molecular flexibility index (Phi) is 2.12. The number of nitrogens with one attached hydrogen (secondary N) is 2. The fourth-order valence-corrected chi connectivity index (χ4v) is 1.91. The Balaban J connectivity index is 2.20. The van der Waals surface area contributed by atoms with E-state index in [0.29, 0.717) is 16.9 Å². The van der Waals surface area contributed by atoms with Crippen LogP contribution in [0.3, 0.4) is 0 Å². The summed E-state index contributed by atoms with van der Waals surface area (Å²) in [6, 6.07) is -0.143. The summed E-state index contributed by atoms with van der Waals surface area (Å²) in [6.07, 6.45) is 8.53. The summed E-state index contributed by atoms with van der Waals surface area (Å²) in [5.74, 6) is 0.0502. The lowest BCUT2D eigenvalue weighted by Gasteiger charge is -2.13. The summed E-state index contributed by atoms with van der Waals surface area (Å²) in [4.78, 5) is 22.3. The zero-order chi connectivity index (χ0) is 12.7. The number of rotatable bonds is 1. The van der Waals surface area contributed by atoms with Crippen LogP contribution < -0.4 is 11.3 Å². The van der Waals surface area contributed by atoms with Gasteiger partial charge in [-0.2, -0.15) is 4.98 Å². The van der Waals surface area contributed by atoms with Gasteiger partial charge in [-0.05, 0) is 12.2 Å². The van der Waals surface area contributed by atoms with E-state index in [1.54, 1.807) is 23.0 Å². The first-order valence-electron chi connectivity index (χ1n) is 5.32. The van der Waals surface area contributed by atoms with E-state index in [9.17, 15) is 4.79 Å². The molecule has 3 rings (SSSR count). The number of allylic oxidation sites excluding steroid dienone is 4. The number of anilines is 1. The highest BCUT2D eigenvalue weighted by atomic mass is 16.1. The van der Waals surface area contributed by atoms with E-state index >= 15 is 0 Å². The first kappa shape index (κ1) is 10.5. The van der Waals surface area contributed by atoms with Crippen LogP contribution >= 0.6 is 0 Å². The predicted molar refractivity (Wildman–Crippen MR) is 67.6 cm³/mol. The van der Waals surface area contributed by atoms with Gasteiger partial charge >= 0.3 is 0 Å². The standard InChI is InChI=1S/C11H10N6O/c12-6-1-3-7(4-2-6)17-5-14-9-8(17)10(18)16-11(13)15-9/h1-5,7,12H,(H3,13,15,16,18). The summed E-state index contributed by atoms with van der Waals surface area (Å²) in [7, 11) is 0. The van der Waals surface area contributed by atoms with Crippen molar-refractivity contribution in [2.24, 2.45) is 0 Å². The van der Waals surface area contributed by atoms with Crippen molar-refractivity contribution < 1.29 is 0 Å². The molecule has 0 bridgehead atoms. The Bertz CT molecular complexity index is 734. The Morgan fingerprint density at radius 3 is 2.83 bits per heavy atom. The van der Waals surface area contributed by atoms with Crippen LogP contribution in [0.1, 0.15) is 6.04 Å². The molecule has 0 saturated carbocycles. The second-order valence-corrected chi connectivity index (χ2v) is 3.94. The van der Waals surface area contributed by atoms with Crippen molar-refractivity contribution >= 4 is 22.8 Å². The van der Waals surface area contributed by atoms with Gasteiger partial charge in [0.1, 0.15) is 0 Å². The number of aromatic amines is 1. The third kappa shape index (κ3) is 1.53. The summed E-state index contributed by atoms with van der Waals surface area (Å²) >= 11 is 0. The molecule has 7 heteroatoms. The topological polar surface area (TPSA) is 113 Å². The number of nitrogens with zero attached hydrogens (tertiary/aromatic N) is 3. The highest BCUT2D eigenvalue weighted by Crippen LogP contribution is 2.18. The van der Waals surface area contributed by atoms with Crippen LogP contribution in [0.15, 0.2) is 35.4 Å². The van der Waals surface area contributed by atoms with Gasteiger partial charge in [-0.1, -0.05) is 12.2 Å². The van der Waals surface area contributed by atoms with Gasteiger partial charge in [0.15, 0.2) is 11.2 Å². The van der Waals surface area contributed by atoms with Crippen molar-refractivity contribution in [1.29, 1.82) is 5.41 Å². The smallest absolute Gasteiger partial charge is 0.278 e. The third-order valence-corrected chi connectivity index (χ3v) is 2.72. The molecule has 0 saturated heterocycles. The molecule has 2 heterocycles. The zero-order valence-electron chi connectivity index (χ0n) is 9.29. The molecule has 0 spiro atoms. The lowest BCUT2D eigenvalue weighted by atomic mass is 10.1. The Morgan fingerprint density at radius 2 is 2.11 bits per heavy atom. The van der Waals surface area contributed by atoms with E-state index in [1.807, 2.05) is 12.2 Å². The zero-order valence-corrected chi connectivity index (χ0v) is 9.29. The van der Waals surface area contributed by atoms with E-state index < -0.39 is 0 Å². The fraction of sp³-hybridized carbons (Fsp3) is 0.0909. The minimum absolute atomic E-state index is 0.0502. The number of H-pyrrole nitrogens is 1. The van der Waals surface area contributed by atoms with Gasteiger partial charge in [0.25, 0.3) is 5.56 Å². The lowest BCUT2D eigenvalue weighted by Crippen LogP contribution is -2.16. The molecular weight excluding hydrogens is 232 g/mol. The normalized spacial score (nSPS) is 18.7. The Morgan fingerprint density at radius 1 is 1.39 bits per heavy atom. The molecule has 0 aliphatic heterocycles. The van der Waals surface area contributed by atoms with Crippen molar-refractivity contribution in [2.75, 3.05) is 5.73 Å². The number of imidazole rings is 1. The van der Waals surface area contributed by atoms with Crippen LogP contribution in [0, 0.1) is 5.41 Å². The van der Waals surface area contributed by atoms with Crippen LogP contribution in [-0.2, 0) is 0 Å². The van der Waals surface area contributed by atoms with Crippen LogP contribution in [0.2, 0.25) is 0 Å². The van der Waals surface area contributed by atoms with Crippen LogP contribution in [0.4, 0.5) is 5.95 Å². The van der Waals surface area contributed by atoms with Gasteiger partial charge in [0.05, 0.1) is 18.1 Å². The molecule has 0 fully saturated rings. The first-order chi connectivity index (χ1) is 8.65. The lowest BCUT2D eigenvalue weighted by molar-refractivity contribution is 0.740. The van der Waals surface area contributed by atoms with Crippen molar-refractivity contribution in [1.82, 2.24) is 19.5 Å². The fourth-order valence-electron chi connectivity index (χ4n) is 1.91. The quantitative estimate of drug-likeness (QED) is 0.671. The maximum Gasteiger partial charge on any atom is 0.278 e. The van der Waals surface area contributed by atoms with Crippen molar-refractivity contribution in [3.8, 4) is 0 Å². The van der Waals surface area contributed by atoms with Gasteiger partial charge < -0.3 is 15.7 Å². The van der Waals surface area contributed by atoms with Gasteiger partial charge in [0.2, 0.25) is 5.95 Å². The van der Waals surface area contributed by atoms with Crippen LogP contribution in [-0.4, -0.2) is 25.2 Å². The molecule has 2 aromatic heterocycles. The number of hydrogen-bond donors (Lipinski definition) is 3. The molecule has 0 radical (unpaired) electrons. The maximum absolute atomic E-state index is 11.9. The third-order valence-electron chi connectivity index (χ3n) is 2.72. The molecule has 0 aromatic carbocycles. The van der Waals surface area contributed by atoms with Gasteiger partial charge in [-0.25, -0.2) is 4.98 Å². The Labute approximate surface area is 101 Å². The summed E-state index contributed by atoms with van der Waals surface area (Å²) in [5, 5.41) is 7.44. The highest BCUT2D eigenvalue weighted by Gasteiger charge is 2.15. The average molecular weight is 242 g/mol. The summed E-state index contributed by atoms with van der Waals surface area (Å²) in [5.41, 5.74) is 6.25. The average Bonchev–Trinajstić information content (AvgIpc) is 2.74.